The van der Waals surface area contributed by atoms with Crippen molar-refractivity contribution in [3.05, 3.63) is 53.3 Å². The Morgan fingerprint density at radius 2 is 2.21 bits per heavy atom. The van der Waals surface area contributed by atoms with Crippen molar-refractivity contribution in [1.82, 2.24) is 0 Å². The van der Waals surface area contributed by atoms with E-state index < -0.39 is 5.97 Å². The first kappa shape index (κ1) is 13.5. The van der Waals surface area contributed by atoms with Gasteiger partial charge in [0.2, 0.25) is 5.76 Å². The average molecular weight is 279 g/mol. The fourth-order valence-electron chi connectivity index (χ4n) is 1.52. The molecule has 0 aliphatic rings. The predicted molar refractivity (Wildman–Crippen MR) is 69.7 cm³/mol. The smallest absolute Gasteiger partial charge is 0.373 e. The number of thioether (sulfide) groups is 1. The van der Waals surface area contributed by atoms with Crippen LogP contribution in [0.25, 0.3) is 0 Å². The maximum Gasteiger partial charge on any atom is 0.373 e. The Hall–Kier alpha value is -1.95. The number of esters is 1. The molecular formula is C13H13NO4S. The summed E-state index contributed by atoms with van der Waals surface area (Å²) < 4.78 is 10.8. The van der Waals surface area contributed by atoms with Crippen LogP contribution in [0.5, 0.6) is 0 Å². The topological polar surface area (TPSA) is 66.4 Å². The van der Waals surface area contributed by atoms with Gasteiger partial charge in [-0.15, -0.1) is 0 Å². The number of methoxy groups -OCH3 is 1. The number of nitrogens with zero attached hydrogens (tertiary/aromatic N) is 1. The van der Waals surface area contributed by atoms with Crippen LogP contribution in [-0.4, -0.2) is 13.1 Å². The van der Waals surface area contributed by atoms with E-state index in [-0.39, 0.29) is 11.0 Å². The number of ether oxygens (including phenoxy) is 1. The largest absolute Gasteiger partial charge is 0.618 e. The lowest BCUT2D eigenvalue weighted by atomic mass is 10.3. The summed E-state index contributed by atoms with van der Waals surface area (Å²) in [5, 5.41) is 12.0. The van der Waals surface area contributed by atoms with Crippen molar-refractivity contribution in [2.45, 2.75) is 17.2 Å². The van der Waals surface area contributed by atoms with Crippen molar-refractivity contribution in [1.29, 1.82) is 0 Å². The fraction of sp³-hybridized carbons (Fsp3) is 0.231. The third-order valence-corrected chi connectivity index (χ3v) is 3.64. The van der Waals surface area contributed by atoms with Gasteiger partial charge in [-0.05, 0) is 36.9 Å². The Kier molecular flexibility index (Phi) is 4.11. The van der Waals surface area contributed by atoms with Gasteiger partial charge < -0.3 is 14.4 Å². The van der Waals surface area contributed by atoms with E-state index in [0.717, 1.165) is 4.73 Å². The molecule has 100 valence electrons. The van der Waals surface area contributed by atoms with Crippen LogP contribution >= 0.6 is 11.8 Å². The van der Waals surface area contributed by atoms with E-state index in [9.17, 15) is 10.0 Å². The first-order chi connectivity index (χ1) is 9.11. The van der Waals surface area contributed by atoms with E-state index in [4.69, 9.17) is 4.42 Å². The van der Waals surface area contributed by atoms with E-state index in [1.807, 2.05) is 6.92 Å². The first-order valence-corrected chi connectivity index (χ1v) is 6.52. The van der Waals surface area contributed by atoms with Crippen molar-refractivity contribution in [2.24, 2.45) is 0 Å². The van der Waals surface area contributed by atoms with Gasteiger partial charge in [0.1, 0.15) is 5.76 Å². The molecule has 0 spiro atoms. The molecule has 0 aromatic carbocycles. The Morgan fingerprint density at radius 1 is 1.42 bits per heavy atom. The van der Waals surface area contributed by atoms with Gasteiger partial charge in [-0.3, -0.25) is 0 Å². The summed E-state index contributed by atoms with van der Waals surface area (Å²) in [4.78, 5) is 11.3. The molecule has 19 heavy (non-hydrogen) atoms. The monoisotopic (exact) mass is 279 g/mol. The van der Waals surface area contributed by atoms with Gasteiger partial charge in [-0.2, -0.15) is 4.73 Å². The third kappa shape index (κ3) is 3.08. The number of hydrogen-bond acceptors (Lipinski definition) is 5. The van der Waals surface area contributed by atoms with Crippen molar-refractivity contribution >= 4 is 17.7 Å². The number of hydrogen-bond donors (Lipinski definition) is 0. The van der Waals surface area contributed by atoms with Gasteiger partial charge in [0.05, 0.1) is 12.4 Å². The molecule has 2 aromatic heterocycles. The molecule has 1 atom stereocenters. The van der Waals surface area contributed by atoms with Gasteiger partial charge in [-0.1, -0.05) is 0 Å². The van der Waals surface area contributed by atoms with Gasteiger partial charge in [0, 0.05) is 12.1 Å². The summed E-state index contributed by atoms with van der Waals surface area (Å²) in [6.45, 7) is 1.90. The van der Waals surface area contributed by atoms with Crippen LogP contribution in [0.4, 0.5) is 0 Å². The lowest BCUT2D eigenvalue weighted by Gasteiger charge is -2.08. The summed E-state index contributed by atoms with van der Waals surface area (Å²) in [6, 6.07) is 8.48. The summed E-state index contributed by atoms with van der Waals surface area (Å²) in [5.41, 5.74) is 0. The summed E-state index contributed by atoms with van der Waals surface area (Å²) in [7, 11) is 1.30. The number of aromatic nitrogens is 1. The number of carbonyl (C=O) groups excluding carboxylic acids is 1. The molecule has 0 N–H and O–H groups in total. The number of rotatable bonds is 4. The SMILES string of the molecule is COC(=O)c1ccc(C(C)Sc2cccc[n+]2[O-])o1. The minimum Gasteiger partial charge on any atom is -0.618 e. The van der Waals surface area contributed by atoms with Gasteiger partial charge in [0.15, 0.2) is 6.20 Å². The molecule has 0 fully saturated rings. The highest BCUT2D eigenvalue weighted by Crippen LogP contribution is 2.33. The molecule has 0 aliphatic carbocycles. The molecule has 0 amide bonds. The minimum atomic E-state index is -0.512. The highest BCUT2D eigenvalue weighted by Gasteiger charge is 2.18. The molecule has 0 radical (unpaired) electrons. The molecule has 5 nitrogen and oxygen atoms in total. The highest BCUT2D eigenvalue weighted by atomic mass is 32.2. The van der Waals surface area contributed by atoms with Crippen molar-refractivity contribution < 1.29 is 18.7 Å². The molecule has 0 saturated carbocycles. The van der Waals surface area contributed by atoms with Crippen LogP contribution in [0.15, 0.2) is 46.0 Å². The molecule has 0 saturated heterocycles. The fourth-order valence-corrected chi connectivity index (χ4v) is 2.45. The van der Waals surface area contributed by atoms with Crippen LogP contribution in [0.2, 0.25) is 0 Å². The predicted octanol–water partition coefficient (Wildman–Crippen LogP) is 2.55. The Morgan fingerprint density at radius 3 is 2.89 bits per heavy atom. The summed E-state index contributed by atoms with van der Waals surface area (Å²) in [5.74, 6) is 0.268. The first-order valence-electron chi connectivity index (χ1n) is 5.64. The summed E-state index contributed by atoms with van der Waals surface area (Å²) >= 11 is 1.36. The molecular weight excluding hydrogens is 266 g/mol. The van der Waals surface area contributed by atoms with Gasteiger partial charge in [-0.25, -0.2) is 4.79 Å². The van der Waals surface area contributed by atoms with Gasteiger partial charge >= 0.3 is 5.97 Å². The minimum absolute atomic E-state index is 0.0824. The van der Waals surface area contributed by atoms with Crippen LogP contribution in [0.1, 0.15) is 28.5 Å². The molecule has 2 rings (SSSR count). The molecule has 6 heteroatoms. The van der Waals surface area contributed by atoms with E-state index in [1.54, 1.807) is 30.3 Å². The second kappa shape index (κ2) is 5.79. The second-order valence-corrected chi connectivity index (χ2v) is 5.18. The number of pyridine rings is 1. The zero-order chi connectivity index (χ0) is 13.8. The standard InChI is InChI=1S/C13H13NO4S/c1-9(19-12-5-3-4-8-14(12)16)10-6-7-11(18-10)13(15)17-2/h3-9H,1-2H3. The Labute approximate surface area is 114 Å². The van der Waals surface area contributed by atoms with Crippen molar-refractivity contribution in [3.63, 3.8) is 0 Å². The molecule has 2 heterocycles. The highest BCUT2D eigenvalue weighted by molar-refractivity contribution is 7.99. The van der Waals surface area contributed by atoms with Crippen molar-refractivity contribution in [3.8, 4) is 0 Å². The quantitative estimate of drug-likeness (QED) is 0.372. The lowest BCUT2D eigenvalue weighted by molar-refractivity contribution is -0.645. The average Bonchev–Trinajstić information content (AvgIpc) is 2.90. The Balaban J connectivity index is 2.12. The lowest BCUT2D eigenvalue weighted by Crippen LogP contribution is -2.27. The maximum absolute atomic E-state index is 11.5. The second-order valence-electron chi connectivity index (χ2n) is 3.82. The summed E-state index contributed by atoms with van der Waals surface area (Å²) in [6.07, 6.45) is 1.44. The molecule has 0 bridgehead atoms. The van der Waals surface area contributed by atoms with Crippen LogP contribution in [-0.2, 0) is 4.74 Å². The third-order valence-electron chi connectivity index (χ3n) is 2.50. The van der Waals surface area contributed by atoms with Crippen LogP contribution in [0.3, 0.4) is 0 Å². The van der Waals surface area contributed by atoms with E-state index >= 15 is 0 Å². The Bertz CT molecular complexity index is 582. The van der Waals surface area contributed by atoms with Crippen LogP contribution < -0.4 is 4.73 Å². The van der Waals surface area contributed by atoms with Gasteiger partial charge in [0.25, 0.3) is 5.03 Å². The van der Waals surface area contributed by atoms with Crippen LogP contribution in [0, 0.1) is 5.21 Å². The molecule has 2 aromatic rings. The molecule has 0 aliphatic heterocycles. The van der Waals surface area contributed by atoms with E-state index in [2.05, 4.69) is 4.74 Å². The van der Waals surface area contributed by atoms with E-state index in [0.29, 0.717) is 10.8 Å². The number of furan rings is 1. The normalized spacial score (nSPS) is 12.1. The molecule has 1 unspecified atom stereocenters. The van der Waals surface area contributed by atoms with E-state index in [1.165, 1.54) is 25.1 Å². The zero-order valence-corrected chi connectivity index (χ0v) is 11.3. The zero-order valence-electron chi connectivity index (χ0n) is 10.5. The van der Waals surface area contributed by atoms with Crippen molar-refractivity contribution in [2.75, 3.05) is 7.11 Å². The number of carbonyl (C=O) groups is 1. The maximum atomic E-state index is 11.5.